The average molecular weight is 568 g/mol. The number of piperazine rings is 1. The highest BCUT2D eigenvalue weighted by molar-refractivity contribution is 7.88. The number of anilines is 2. The number of carbonyl (C=O) groups is 2. The van der Waals surface area contributed by atoms with E-state index in [0.717, 1.165) is 16.6 Å². The van der Waals surface area contributed by atoms with E-state index in [-0.39, 0.29) is 30.7 Å². The first-order chi connectivity index (χ1) is 18.9. The molecule has 3 aromatic rings. The van der Waals surface area contributed by atoms with E-state index < -0.39 is 27.6 Å². The number of ether oxygens (including phenoxy) is 2. The number of nitrogens with zero attached hydrogens (tertiary/aromatic N) is 4. The molecule has 0 spiro atoms. The van der Waals surface area contributed by atoms with Crippen molar-refractivity contribution in [2.24, 2.45) is 0 Å². The molecular formula is C27H29N5O7S. The second-order valence-electron chi connectivity index (χ2n) is 10.4. The van der Waals surface area contributed by atoms with Gasteiger partial charge in [-0.2, -0.15) is 4.31 Å². The summed E-state index contributed by atoms with van der Waals surface area (Å²) in [6.45, 7) is 4.44. The van der Waals surface area contributed by atoms with Crippen LogP contribution in [0.1, 0.15) is 37.0 Å². The summed E-state index contributed by atoms with van der Waals surface area (Å²) in [5.74, 6) is -1.38. The van der Waals surface area contributed by atoms with Gasteiger partial charge >= 0.3 is 11.9 Å². The fraction of sp³-hybridized carbons (Fsp3) is 0.407. The van der Waals surface area contributed by atoms with E-state index in [4.69, 9.17) is 20.2 Å². The molecule has 0 unspecified atom stereocenters. The van der Waals surface area contributed by atoms with Gasteiger partial charge in [0.15, 0.2) is 0 Å². The van der Waals surface area contributed by atoms with Crippen molar-refractivity contribution < 1.29 is 27.5 Å². The lowest BCUT2D eigenvalue weighted by atomic mass is 9.85. The van der Waals surface area contributed by atoms with Crippen molar-refractivity contribution in [3.63, 3.8) is 0 Å². The third-order valence-electron chi connectivity index (χ3n) is 7.99. The first kappa shape index (κ1) is 26.3. The summed E-state index contributed by atoms with van der Waals surface area (Å²) in [4.78, 5) is 45.9. The summed E-state index contributed by atoms with van der Waals surface area (Å²) in [6.07, 6.45) is 1.29. The molecule has 13 heteroatoms. The fourth-order valence-corrected chi connectivity index (χ4v) is 6.91. The summed E-state index contributed by atoms with van der Waals surface area (Å²) < 4.78 is 38.2. The topological polar surface area (TPSA) is 154 Å². The standard InChI is InChI=1S/C27H29N5O7S/c1-4-27(39-15(2)33)20-12-22-23-18(13-32(22)25(34)19(20)14-38-26(27)35)24(17-11-16(28)5-6-21(17)29-23)30-7-9-31(10-8-30)40(3,36)37/h5-6,11-12H,4,7-10,13-14,28H2,1-3H3/t27-/m0/s1. The zero-order chi connectivity index (χ0) is 28.6. The summed E-state index contributed by atoms with van der Waals surface area (Å²) in [5, 5.41) is 0.804. The van der Waals surface area contributed by atoms with Gasteiger partial charge in [-0.1, -0.05) is 6.92 Å². The molecule has 1 atom stereocenters. The molecule has 3 aliphatic heterocycles. The van der Waals surface area contributed by atoms with Crippen LogP contribution in [0.2, 0.25) is 0 Å². The van der Waals surface area contributed by atoms with Crippen LogP contribution < -0.4 is 16.2 Å². The van der Waals surface area contributed by atoms with Crippen LogP contribution in [0.3, 0.4) is 0 Å². The van der Waals surface area contributed by atoms with Crippen LogP contribution in [0, 0.1) is 0 Å². The van der Waals surface area contributed by atoms with Crippen molar-refractivity contribution >= 4 is 44.2 Å². The molecule has 0 saturated carbocycles. The van der Waals surface area contributed by atoms with E-state index >= 15 is 0 Å². The van der Waals surface area contributed by atoms with Gasteiger partial charge in [0.2, 0.25) is 15.6 Å². The van der Waals surface area contributed by atoms with Gasteiger partial charge in [0.1, 0.15) is 6.61 Å². The molecule has 1 fully saturated rings. The van der Waals surface area contributed by atoms with Gasteiger partial charge < -0.3 is 24.7 Å². The van der Waals surface area contributed by atoms with Crippen LogP contribution in [0.5, 0.6) is 0 Å². The quantitative estimate of drug-likeness (QED) is 0.282. The predicted molar refractivity (Wildman–Crippen MR) is 147 cm³/mol. The molecule has 0 radical (unpaired) electrons. The smallest absolute Gasteiger partial charge is 0.355 e. The van der Waals surface area contributed by atoms with Gasteiger partial charge in [0.05, 0.1) is 41.0 Å². The SMILES string of the molecule is CC[C@@]1(OC(C)=O)C(=O)OCc2c1cc1n(c2=O)Cc2c-1nc1ccc(N)cc1c2N1CCN(S(C)(=O)=O)CC1. The van der Waals surface area contributed by atoms with Crippen molar-refractivity contribution in [2.75, 3.05) is 43.1 Å². The molecule has 6 rings (SSSR count). The zero-order valence-electron chi connectivity index (χ0n) is 22.4. The number of esters is 2. The third kappa shape index (κ3) is 3.86. The molecular weight excluding hydrogens is 538 g/mol. The molecule has 5 heterocycles. The maximum atomic E-state index is 13.9. The second-order valence-corrected chi connectivity index (χ2v) is 12.4. The Morgan fingerprint density at radius 3 is 2.52 bits per heavy atom. The lowest BCUT2D eigenvalue weighted by Gasteiger charge is -2.36. The van der Waals surface area contributed by atoms with Crippen molar-refractivity contribution in [3.8, 4) is 11.4 Å². The van der Waals surface area contributed by atoms with Crippen LogP contribution in [0.4, 0.5) is 11.4 Å². The number of hydrogen-bond donors (Lipinski definition) is 1. The Morgan fingerprint density at radius 2 is 1.88 bits per heavy atom. The van der Waals surface area contributed by atoms with Crippen molar-refractivity contribution in [2.45, 2.75) is 39.0 Å². The summed E-state index contributed by atoms with van der Waals surface area (Å²) in [5.41, 5.74) is 8.59. The number of carbonyl (C=O) groups excluding carboxylic acids is 2. The maximum Gasteiger partial charge on any atom is 0.355 e. The van der Waals surface area contributed by atoms with Gasteiger partial charge in [-0.15, -0.1) is 0 Å². The lowest BCUT2D eigenvalue weighted by Crippen LogP contribution is -2.48. The number of pyridine rings is 2. The Bertz CT molecular complexity index is 1780. The van der Waals surface area contributed by atoms with Gasteiger partial charge in [-0.25, -0.2) is 18.2 Å². The molecule has 0 amide bonds. The monoisotopic (exact) mass is 567 g/mol. The lowest BCUT2D eigenvalue weighted by molar-refractivity contribution is -0.188. The number of fused-ring (bicyclic) bond motifs is 5. The second kappa shape index (κ2) is 9.03. The number of nitrogen functional groups attached to an aromatic ring is 1. The molecule has 12 nitrogen and oxygen atoms in total. The van der Waals surface area contributed by atoms with Crippen LogP contribution in [0.15, 0.2) is 29.1 Å². The molecule has 1 aromatic carbocycles. The first-order valence-corrected chi connectivity index (χ1v) is 14.9. The molecule has 3 aliphatic rings. The minimum absolute atomic E-state index is 0.0917. The molecule has 0 bridgehead atoms. The van der Waals surface area contributed by atoms with E-state index in [0.29, 0.717) is 54.3 Å². The Balaban J connectivity index is 1.56. The number of aromatic nitrogens is 2. The van der Waals surface area contributed by atoms with E-state index in [9.17, 15) is 22.8 Å². The van der Waals surface area contributed by atoms with Crippen LogP contribution in [-0.2, 0) is 47.8 Å². The summed E-state index contributed by atoms with van der Waals surface area (Å²) >= 11 is 0. The highest BCUT2D eigenvalue weighted by Gasteiger charge is 2.50. The average Bonchev–Trinajstić information content (AvgIpc) is 3.27. The Hall–Kier alpha value is -3.97. The Labute approximate surface area is 230 Å². The third-order valence-corrected chi connectivity index (χ3v) is 9.29. The van der Waals surface area contributed by atoms with Gasteiger partial charge in [-0.3, -0.25) is 9.59 Å². The zero-order valence-corrected chi connectivity index (χ0v) is 23.2. The molecule has 1 saturated heterocycles. The van der Waals surface area contributed by atoms with E-state index in [1.807, 2.05) is 12.1 Å². The largest absolute Gasteiger partial charge is 0.457 e. The number of benzene rings is 1. The van der Waals surface area contributed by atoms with Crippen molar-refractivity contribution in [3.05, 3.63) is 51.3 Å². The summed E-state index contributed by atoms with van der Waals surface area (Å²) in [6, 6.07) is 7.12. The minimum atomic E-state index is -3.32. The van der Waals surface area contributed by atoms with Gasteiger partial charge in [0, 0.05) is 55.3 Å². The number of rotatable bonds is 4. The number of nitrogens with two attached hydrogens (primary N) is 1. The van der Waals surface area contributed by atoms with Gasteiger partial charge in [-0.05, 0) is 30.7 Å². The van der Waals surface area contributed by atoms with Crippen LogP contribution in [-0.4, -0.2) is 66.6 Å². The Kier molecular flexibility index (Phi) is 5.93. The highest BCUT2D eigenvalue weighted by atomic mass is 32.2. The van der Waals surface area contributed by atoms with E-state index in [2.05, 4.69) is 4.90 Å². The maximum absolute atomic E-state index is 13.9. The number of sulfonamides is 1. The summed E-state index contributed by atoms with van der Waals surface area (Å²) in [7, 11) is -3.32. The Morgan fingerprint density at radius 1 is 1.15 bits per heavy atom. The normalized spacial score (nSPS) is 20.6. The van der Waals surface area contributed by atoms with Crippen molar-refractivity contribution in [1.29, 1.82) is 0 Å². The molecule has 40 heavy (non-hydrogen) atoms. The molecule has 210 valence electrons. The predicted octanol–water partition coefficient (Wildman–Crippen LogP) is 1.31. The van der Waals surface area contributed by atoms with Crippen molar-refractivity contribution in [1.82, 2.24) is 13.9 Å². The molecule has 2 N–H and O–H groups in total. The van der Waals surface area contributed by atoms with E-state index in [1.54, 1.807) is 23.6 Å². The van der Waals surface area contributed by atoms with Crippen LogP contribution in [0.25, 0.3) is 22.3 Å². The highest BCUT2D eigenvalue weighted by Crippen LogP contribution is 2.44. The first-order valence-electron chi connectivity index (χ1n) is 13.0. The van der Waals surface area contributed by atoms with Crippen LogP contribution >= 0.6 is 0 Å². The molecule has 2 aromatic heterocycles. The number of cyclic esters (lactones) is 1. The molecule has 0 aliphatic carbocycles. The minimum Gasteiger partial charge on any atom is -0.457 e. The fourth-order valence-electron chi connectivity index (χ4n) is 6.08. The van der Waals surface area contributed by atoms with E-state index in [1.165, 1.54) is 17.5 Å². The number of hydrogen-bond acceptors (Lipinski definition) is 10. The van der Waals surface area contributed by atoms with Gasteiger partial charge in [0.25, 0.3) is 5.56 Å².